The molecule has 0 aliphatic carbocycles. The molecule has 0 saturated carbocycles. The molecule has 0 atom stereocenters. The van der Waals surface area contributed by atoms with E-state index in [1.54, 1.807) is 50.2 Å². The maximum atomic E-state index is 12.2. The van der Waals surface area contributed by atoms with Gasteiger partial charge in [-0.15, -0.1) is 0 Å². The van der Waals surface area contributed by atoms with Crippen molar-refractivity contribution in [3.63, 3.8) is 0 Å². The van der Waals surface area contributed by atoms with Crippen LogP contribution in [0.15, 0.2) is 42.5 Å². The summed E-state index contributed by atoms with van der Waals surface area (Å²) in [6.07, 6.45) is 0.288. The molecular formula is C20H20ClNO5. The third kappa shape index (κ3) is 5.56. The second kappa shape index (κ2) is 9.73. The predicted octanol–water partition coefficient (Wildman–Crippen LogP) is 4.13. The molecule has 0 aromatic heterocycles. The zero-order valence-electron chi connectivity index (χ0n) is 15.1. The van der Waals surface area contributed by atoms with Crippen LogP contribution in [0.25, 0.3) is 0 Å². The van der Waals surface area contributed by atoms with Gasteiger partial charge in [0.05, 0.1) is 23.4 Å². The summed E-state index contributed by atoms with van der Waals surface area (Å²) in [6.45, 7) is 3.33. The van der Waals surface area contributed by atoms with Crippen LogP contribution in [0.4, 0.5) is 5.69 Å². The van der Waals surface area contributed by atoms with Crippen LogP contribution in [0.5, 0.6) is 5.75 Å². The fraction of sp³-hybridized carbons (Fsp3) is 0.250. The Hall–Kier alpha value is -2.86. The summed E-state index contributed by atoms with van der Waals surface area (Å²) in [6, 6.07) is 11.2. The lowest BCUT2D eigenvalue weighted by Crippen LogP contribution is -2.22. The fourth-order valence-corrected chi connectivity index (χ4v) is 2.52. The van der Waals surface area contributed by atoms with E-state index in [4.69, 9.17) is 21.1 Å². The normalized spacial score (nSPS) is 10.2. The minimum atomic E-state index is -0.525. The first kappa shape index (κ1) is 20.5. The van der Waals surface area contributed by atoms with Crippen molar-refractivity contribution in [3.05, 3.63) is 58.6 Å². The highest BCUT2D eigenvalue weighted by Crippen LogP contribution is 2.24. The molecule has 0 unspecified atom stereocenters. The first-order chi connectivity index (χ1) is 13.0. The van der Waals surface area contributed by atoms with Gasteiger partial charge in [-0.2, -0.15) is 0 Å². The van der Waals surface area contributed by atoms with E-state index < -0.39 is 11.9 Å². The van der Waals surface area contributed by atoms with Crippen LogP contribution in [0.1, 0.15) is 41.0 Å². The maximum Gasteiger partial charge on any atom is 0.340 e. The second-order valence-corrected chi connectivity index (χ2v) is 5.96. The molecule has 1 amide bonds. The Bertz CT molecular complexity index is 850. The number of carbonyl (C=O) groups is 3. The largest absolute Gasteiger partial charge is 0.483 e. The average molecular weight is 390 g/mol. The number of benzene rings is 2. The number of Topliss-reactive ketones (excluding diaryl/α,β-unsaturated/α-hetero) is 1. The molecular weight excluding hydrogens is 370 g/mol. The van der Waals surface area contributed by atoms with Crippen molar-refractivity contribution in [1.82, 2.24) is 0 Å². The number of rotatable bonds is 8. The summed E-state index contributed by atoms with van der Waals surface area (Å²) in [5.74, 6) is -0.861. The van der Waals surface area contributed by atoms with Crippen LogP contribution in [-0.2, 0) is 9.53 Å². The molecule has 2 aromatic carbocycles. The van der Waals surface area contributed by atoms with E-state index in [0.29, 0.717) is 16.3 Å². The SMILES string of the molecule is CCOC(=O)c1ccccc1NC(=O)COc1ccc(Cl)cc1C(=O)CC. The number of ketones is 1. The summed E-state index contributed by atoms with van der Waals surface area (Å²) < 4.78 is 10.5. The van der Waals surface area contributed by atoms with E-state index in [-0.39, 0.29) is 36.7 Å². The smallest absolute Gasteiger partial charge is 0.340 e. The molecule has 0 spiro atoms. The minimum absolute atomic E-state index is 0.138. The molecule has 1 N–H and O–H groups in total. The Morgan fingerprint density at radius 1 is 1.04 bits per heavy atom. The number of ether oxygens (including phenoxy) is 2. The summed E-state index contributed by atoms with van der Waals surface area (Å²) >= 11 is 5.93. The molecule has 27 heavy (non-hydrogen) atoms. The van der Waals surface area contributed by atoms with Crippen molar-refractivity contribution < 1.29 is 23.9 Å². The van der Waals surface area contributed by atoms with Crippen molar-refractivity contribution in [3.8, 4) is 5.75 Å². The van der Waals surface area contributed by atoms with Gasteiger partial charge >= 0.3 is 5.97 Å². The first-order valence-corrected chi connectivity index (χ1v) is 8.85. The van der Waals surface area contributed by atoms with Crippen LogP contribution >= 0.6 is 11.6 Å². The molecule has 6 nitrogen and oxygen atoms in total. The molecule has 0 saturated heterocycles. The second-order valence-electron chi connectivity index (χ2n) is 5.52. The lowest BCUT2D eigenvalue weighted by Gasteiger charge is -2.13. The number of amides is 1. The van der Waals surface area contributed by atoms with Crippen molar-refractivity contribution in [2.24, 2.45) is 0 Å². The van der Waals surface area contributed by atoms with E-state index in [0.717, 1.165) is 0 Å². The molecule has 2 rings (SSSR count). The summed E-state index contributed by atoms with van der Waals surface area (Å²) in [5, 5.41) is 3.03. The molecule has 0 aliphatic heterocycles. The lowest BCUT2D eigenvalue weighted by atomic mass is 10.1. The molecule has 142 valence electrons. The third-order valence-corrected chi connectivity index (χ3v) is 3.85. The topological polar surface area (TPSA) is 81.7 Å². The summed E-state index contributed by atoms with van der Waals surface area (Å²) in [5.41, 5.74) is 0.899. The Balaban J connectivity index is 2.08. The van der Waals surface area contributed by atoms with Crippen LogP contribution in [0.2, 0.25) is 5.02 Å². The van der Waals surface area contributed by atoms with Crippen LogP contribution in [-0.4, -0.2) is 30.9 Å². The molecule has 7 heteroatoms. The monoisotopic (exact) mass is 389 g/mol. The highest BCUT2D eigenvalue weighted by molar-refractivity contribution is 6.31. The van der Waals surface area contributed by atoms with Crippen LogP contribution in [0.3, 0.4) is 0 Å². The van der Waals surface area contributed by atoms with Crippen LogP contribution in [0, 0.1) is 0 Å². The quantitative estimate of drug-likeness (QED) is 0.542. The Labute approximate surface area is 162 Å². The molecule has 0 fully saturated rings. The Morgan fingerprint density at radius 3 is 2.48 bits per heavy atom. The number of carbonyl (C=O) groups excluding carboxylic acids is 3. The first-order valence-electron chi connectivity index (χ1n) is 8.47. The van der Waals surface area contributed by atoms with Gasteiger partial charge in [0, 0.05) is 11.4 Å². The molecule has 0 radical (unpaired) electrons. The summed E-state index contributed by atoms with van der Waals surface area (Å²) in [4.78, 5) is 36.2. The molecule has 0 aliphatic rings. The van der Waals surface area contributed by atoms with E-state index in [9.17, 15) is 14.4 Å². The number of para-hydroxylation sites is 1. The van der Waals surface area contributed by atoms with Crippen LogP contribution < -0.4 is 10.1 Å². The lowest BCUT2D eigenvalue weighted by molar-refractivity contribution is -0.118. The maximum absolute atomic E-state index is 12.2. The van der Waals surface area contributed by atoms with E-state index >= 15 is 0 Å². The minimum Gasteiger partial charge on any atom is -0.483 e. The highest BCUT2D eigenvalue weighted by Gasteiger charge is 2.16. The molecule has 0 bridgehead atoms. The van der Waals surface area contributed by atoms with Gasteiger partial charge in [0.1, 0.15) is 5.75 Å². The zero-order valence-corrected chi connectivity index (χ0v) is 15.8. The van der Waals surface area contributed by atoms with Gasteiger partial charge in [0.15, 0.2) is 12.4 Å². The summed E-state index contributed by atoms with van der Waals surface area (Å²) in [7, 11) is 0. The number of hydrogen-bond donors (Lipinski definition) is 1. The Kier molecular flexibility index (Phi) is 7.37. The standard InChI is InChI=1S/C20H20ClNO5/c1-3-17(23)15-11-13(21)9-10-18(15)27-12-19(24)22-16-8-6-5-7-14(16)20(25)26-4-2/h5-11H,3-4,12H2,1-2H3,(H,22,24). The number of hydrogen-bond acceptors (Lipinski definition) is 5. The van der Waals surface area contributed by atoms with Crippen molar-refractivity contribution >= 4 is 34.9 Å². The van der Waals surface area contributed by atoms with Gasteiger partial charge in [-0.05, 0) is 37.3 Å². The average Bonchev–Trinajstić information content (AvgIpc) is 2.67. The van der Waals surface area contributed by atoms with Crippen molar-refractivity contribution in [2.75, 3.05) is 18.5 Å². The number of anilines is 1. The third-order valence-electron chi connectivity index (χ3n) is 3.62. The van der Waals surface area contributed by atoms with Gasteiger partial charge < -0.3 is 14.8 Å². The molecule has 2 aromatic rings. The van der Waals surface area contributed by atoms with Gasteiger partial charge in [-0.3, -0.25) is 9.59 Å². The van der Waals surface area contributed by atoms with Gasteiger partial charge in [-0.25, -0.2) is 4.79 Å². The fourth-order valence-electron chi connectivity index (χ4n) is 2.34. The number of nitrogens with one attached hydrogen (secondary N) is 1. The van der Waals surface area contributed by atoms with E-state index in [1.165, 1.54) is 6.07 Å². The van der Waals surface area contributed by atoms with Gasteiger partial charge in [0.2, 0.25) is 0 Å². The number of esters is 1. The Morgan fingerprint density at radius 2 is 1.78 bits per heavy atom. The van der Waals surface area contributed by atoms with Gasteiger partial charge in [-0.1, -0.05) is 30.7 Å². The van der Waals surface area contributed by atoms with Gasteiger partial charge in [0.25, 0.3) is 5.91 Å². The van der Waals surface area contributed by atoms with E-state index in [2.05, 4.69) is 5.32 Å². The predicted molar refractivity (Wildman–Crippen MR) is 103 cm³/mol. The van der Waals surface area contributed by atoms with Crippen molar-refractivity contribution in [1.29, 1.82) is 0 Å². The molecule has 0 heterocycles. The zero-order chi connectivity index (χ0) is 19.8. The van der Waals surface area contributed by atoms with E-state index in [1.807, 2.05) is 0 Å². The van der Waals surface area contributed by atoms with Crippen molar-refractivity contribution in [2.45, 2.75) is 20.3 Å². The highest BCUT2D eigenvalue weighted by atomic mass is 35.5. The number of halogens is 1.